The molecule has 4 heteroatoms. The fourth-order valence-electron chi connectivity index (χ4n) is 2.33. The third-order valence-electron chi connectivity index (χ3n) is 3.16. The highest BCUT2D eigenvalue weighted by Gasteiger charge is 2.18. The number of benzene rings is 1. The molecule has 0 saturated heterocycles. The summed E-state index contributed by atoms with van der Waals surface area (Å²) < 4.78 is 1.29. The zero-order valence-electron chi connectivity index (χ0n) is 10.4. The molecule has 3 nitrogen and oxygen atoms in total. The van der Waals surface area contributed by atoms with E-state index >= 15 is 0 Å². The van der Waals surface area contributed by atoms with Crippen LogP contribution in [0.25, 0.3) is 21.3 Å². The number of anilines is 1. The van der Waals surface area contributed by atoms with Crippen LogP contribution < -0.4 is 5.73 Å². The first kappa shape index (κ1) is 11.3. The summed E-state index contributed by atoms with van der Waals surface area (Å²) in [5, 5.41) is 10.7. The predicted octanol–water partition coefficient (Wildman–Crippen LogP) is 4.00. The summed E-state index contributed by atoms with van der Waals surface area (Å²) in [6, 6.07) is 8.40. The molecule has 1 aromatic carbocycles. The van der Waals surface area contributed by atoms with Gasteiger partial charge in [0.05, 0.1) is 5.69 Å². The molecule has 0 aliphatic carbocycles. The van der Waals surface area contributed by atoms with Crippen molar-refractivity contribution in [2.24, 2.45) is 0 Å². The molecule has 0 aliphatic heterocycles. The second kappa shape index (κ2) is 4.14. The fraction of sp³-hybridized carbons (Fsp3) is 0.214. The lowest BCUT2D eigenvalue weighted by molar-refractivity contribution is 0.873. The van der Waals surface area contributed by atoms with Crippen molar-refractivity contribution in [3.8, 4) is 11.3 Å². The summed E-state index contributed by atoms with van der Waals surface area (Å²) in [6.45, 7) is 4.28. The maximum atomic E-state index is 5.95. The minimum absolute atomic E-state index is 0.359. The third-order valence-corrected chi connectivity index (χ3v) is 4.12. The van der Waals surface area contributed by atoms with Gasteiger partial charge in [-0.15, -0.1) is 11.3 Å². The van der Waals surface area contributed by atoms with E-state index in [9.17, 15) is 0 Å². The maximum absolute atomic E-state index is 5.95. The van der Waals surface area contributed by atoms with Crippen LogP contribution in [0, 0.1) is 0 Å². The molecule has 3 aromatic rings. The fourth-order valence-corrected chi connectivity index (χ4v) is 3.28. The zero-order chi connectivity index (χ0) is 12.7. The lowest BCUT2D eigenvalue weighted by Gasteiger charge is -2.06. The number of H-pyrrole nitrogens is 1. The van der Waals surface area contributed by atoms with E-state index in [1.807, 2.05) is 0 Å². The third kappa shape index (κ3) is 1.61. The molecule has 0 fully saturated rings. The summed E-state index contributed by atoms with van der Waals surface area (Å²) in [5.74, 6) is 0.965. The molecule has 18 heavy (non-hydrogen) atoms. The molecule has 0 spiro atoms. The van der Waals surface area contributed by atoms with E-state index in [-0.39, 0.29) is 0 Å². The first-order chi connectivity index (χ1) is 8.68. The van der Waals surface area contributed by atoms with Crippen LogP contribution in [0.5, 0.6) is 0 Å². The summed E-state index contributed by atoms with van der Waals surface area (Å²) in [4.78, 5) is 0. The predicted molar refractivity (Wildman–Crippen MR) is 77.9 cm³/mol. The van der Waals surface area contributed by atoms with Crippen LogP contribution in [0.15, 0.2) is 29.6 Å². The molecule has 3 N–H and O–H groups in total. The van der Waals surface area contributed by atoms with Crippen molar-refractivity contribution in [3.63, 3.8) is 0 Å². The topological polar surface area (TPSA) is 54.7 Å². The molecule has 0 aliphatic rings. The highest BCUT2D eigenvalue weighted by molar-refractivity contribution is 7.17. The molecule has 92 valence electrons. The number of hydrogen-bond acceptors (Lipinski definition) is 3. The van der Waals surface area contributed by atoms with Crippen molar-refractivity contribution in [1.29, 1.82) is 0 Å². The molecule has 3 rings (SSSR count). The lowest BCUT2D eigenvalue weighted by Crippen LogP contribution is -1.94. The average Bonchev–Trinajstić information content (AvgIpc) is 2.92. The summed E-state index contributed by atoms with van der Waals surface area (Å²) >= 11 is 1.75. The van der Waals surface area contributed by atoms with Gasteiger partial charge in [-0.25, -0.2) is 0 Å². The largest absolute Gasteiger partial charge is 0.382 e. The maximum Gasteiger partial charge on any atom is 0.149 e. The Morgan fingerprint density at radius 1 is 1.28 bits per heavy atom. The number of aromatic amines is 1. The first-order valence-corrected chi connectivity index (χ1v) is 6.86. The lowest BCUT2D eigenvalue weighted by atomic mass is 9.98. The van der Waals surface area contributed by atoms with Crippen molar-refractivity contribution in [2.45, 2.75) is 19.8 Å². The monoisotopic (exact) mass is 257 g/mol. The van der Waals surface area contributed by atoms with E-state index in [1.165, 1.54) is 15.6 Å². The van der Waals surface area contributed by atoms with E-state index in [4.69, 9.17) is 5.73 Å². The SMILES string of the molecule is CC(C)c1c(N)n[nH]c1-c1csc2ccccc12. The number of nitrogens with two attached hydrogens (primary N) is 1. The van der Waals surface area contributed by atoms with E-state index < -0.39 is 0 Å². The summed E-state index contributed by atoms with van der Waals surface area (Å²) in [7, 11) is 0. The molecular weight excluding hydrogens is 242 g/mol. The van der Waals surface area contributed by atoms with E-state index in [0.29, 0.717) is 11.7 Å². The molecule has 0 amide bonds. The molecule has 0 saturated carbocycles. The normalized spacial score (nSPS) is 11.5. The minimum Gasteiger partial charge on any atom is -0.382 e. The Morgan fingerprint density at radius 2 is 2.06 bits per heavy atom. The summed E-state index contributed by atoms with van der Waals surface area (Å²) in [6.07, 6.45) is 0. The van der Waals surface area contributed by atoms with Crippen LogP contribution in [-0.2, 0) is 0 Å². The summed E-state index contributed by atoms with van der Waals surface area (Å²) in [5.41, 5.74) is 9.32. The van der Waals surface area contributed by atoms with Gasteiger partial charge in [0.15, 0.2) is 0 Å². The number of fused-ring (bicyclic) bond motifs is 1. The second-order valence-electron chi connectivity index (χ2n) is 4.70. The molecule has 0 bridgehead atoms. The van der Waals surface area contributed by atoms with Crippen LogP contribution >= 0.6 is 11.3 Å². The van der Waals surface area contributed by atoms with Gasteiger partial charge in [-0.1, -0.05) is 32.0 Å². The average molecular weight is 257 g/mol. The van der Waals surface area contributed by atoms with Gasteiger partial charge in [-0.3, -0.25) is 5.10 Å². The van der Waals surface area contributed by atoms with Crippen molar-refractivity contribution >= 4 is 27.2 Å². The second-order valence-corrected chi connectivity index (χ2v) is 5.61. The number of rotatable bonds is 2. The molecule has 2 aromatic heterocycles. The van der Waals surface area contributed by atoms with Crippen LogP contribution in [0.3, 0.4) is 0 Å². The Bertz CT molecular complexity index is 694. The highest BCUT2D eigenvalue weighted by Crippen LogP contribution is 2.38. The Kier molecular flexibility index (Phi) is 2.59. The van der Waals surface area contributed by atoms with Gasteiger partial charge in [0.1, 0.15) is 5.82 Å². The number of hydrogen-bond donors (Lipinski definition) is 2. The van der Waals surface area contributed by atoms with Gasteiger partial charge < -0.3 is 5.73 Å². The number of nitrogens with one attached hydrogen (secondary N) is 1. The minimum atomic E-state index is 0.359. The molecule has 0 unspecified atom stereocenters. The van der Waals surface area contributed by atoms with Crippen LogP contribution in [0.4, 0.5) is 5.82 Å². The van der Waals surface area contributed by atoms with Gasteiger partial charge in [0, 0.05) is 26.6 Å². The van der Waals surface area contributed by atoms with Gasteiger partial charge in [-0.05, 0) is 12.0 Å². The van der Waals surface area contributed by atoms with Crippen molar-refractivity contribution < 1.29 is 0 Å². The van der Waals surface area contributed by atoms with E-state index in [2.05, 4.69) is 53.7 Å². The number of nitrogens with zero attached hydrogens (tertiary/aromatic N) is 1. The van der Waals surface area contributed by atoms with E-state index in [1.54, 1.807) is 11.3 Å². The van der Waals surface area contributed by atoms with Crippen molar-refractivity contribution in [1.82, 2.24) is 10.2 Å². The van der Waals surface area contributed by atoms with Gasteiger partial charge in [0.25, 0.3) is 0 Å². The van der Waals surface area contributed by atoms with E-state index in [0.717, 1.165) is 11.3 Å². The number of thiophene rings is 1. The quantitative estimate of drug-likeness (QED) is 0.729. The Hall–Kier alpha value is -1.81. The van der Waals surface area contributed by atoms with Gasteiger partial charge >= 0.3 is 0 Å². The smallest absolute Gasteiger partial charge is 0.149 e. The van der Waals surface area contributed by atoms with Crippen LogP contribution in [0.2, 0.25) is 0 Å². The van der Waals surface area contributed by atoms with Crippen molar-refractivity contribution in [3.05, 3.63) is 35.2 Å². The molecule has 0 atom stereocenters. The standard InChI is InChI=1S/C14H15N3S/c1-8(2)12-13(16-17-14(12)15)10-7-18-11-6-4-3-5-9(10)11/h3-8H,1-2H3,(H3,15,16,17). The van der Waals surface area contributed by atoms with Gasteiger partial charge in [0.2, 0.25) is 0 Å². The molecule has 2 heterocycles. The van der Waals surface area contributed by atoms with Crippen LogP contribution in [0.1, 0.15) is 25.3 Å². The first-order valence-electron chi connectivity index (χ1n) is 5.99. The molecule has 0 radical (unpaired) electrons. The number of nitrogen functional groups attached to an aromatic ring is 1. The number of aromatic nitrogens is 2. The Morgan fingerprint density at radius 3 is 2.83 bits per heavy atom. The van der Waals surface area contributed by atoms with Crippen LogP contribution in [-0.4, -0.2) is 10.2 Å². The van der Waals surface area contributed by atoms with Gasteiger partial charge in [-0.2, -0.15) is 5.10 Å². The molecular formula is C14H15N3S. The highest BCUT2D eigenvalue weighted by atomic mass is 32.1. The zero-order valence-corrected chi connectivity index (χ0v) is 11.2. The van der Waals surface area contributed by atoms with Crippen molar-refractivity contribution in [2.75, 3.05) is 5.73 Å². The Labute approximate surface area is 110 Å². The Balaban J connectivity index is 2.27.